The van der Waals surface area contributed by atoms with Crippen molar-refractivity contribution < 1.29 is 0 Å². The molecular formula is C11H18BrN3. The lowest BCUT2D eigenvalue weighted by Gasteiger charge is -2.17. The highest BCUT2D eigenvalue weighted by molar-refractivity contribution is 9.10. The highest BCUT2D eigenvalue weighted by Gasteiger charge is 2.09. The van der Waals surface area contributed by atoms with E-state index in [2.05, 4.69) is 33.2 Å². The molecule has 0 saturated carbocycles. The number of pyridine rings is 1. The average molecular weight is 272 g/mol. The Morgan fingerprint density at radius 2 is 2.20 bits per heavy atom. The van der Waals surface area contributed by atoms with Gasteiger partial charge in [0.1, 0.15) is 5.82 Å². The Morgan fingerprint density at radius 1 is 1.53 bits per heavy atom. The van der Waals surface area contributed by atoms with Gasteiger partial charge in [0.25, 0.3) is 0 Å². The molecule has 0 aromatic carbocycles. The van der Waals surface area contributed by atoms with Crippen LogP contribution >= 0.6 is 15.9 Å². The van der Waals surface area contributed by atoms with Crippen LogP contribution in [-0.2, 0) is 0 Å². The van der Waals surface area contributed by atoms with Gasteiger partial charge >= 0.3 is 0 Å². The molecule has 2 unspecified atom stereocenters. The number of nitrogens with one attached hydrogen (secondary N) is 1. The second kappa shape index (κ2) is 5.47. The molecule has 15 heavy (non-hydrogen) atoms. The molecule has 84 valence electrons. The smallest absolute Gasteiger partial charge is 0.140 e. The van der Waals surface area contributed by atoms with E-state index in [4.69, 9.17) is 5.73 Å². The van der Waals surface area contributed by atoms with Crippen molar-refractivity contribution in [2.45, 2.75) is 39.3 Å². The fourth-order valence-corrected chi connectivity index (χ4v) is 1.84. The molecule has 1 aromatic heterocycles. The molecule has 0 aliphatic heterocycles. The van der Waals surface area contributed by atoms with Crippen LogP contribution in [0.5, 0.6) is 0 Å². The first-order valence-corrected chi connectivity index (χ1v) is 5.93. The fourth-order valence-electron chi connectivity index (χ4n) is 1.49. The van der Waals surface area contributed by atoms with Crippen molar-refractivity contribution in [1.29, 1.82) is 0 Å². The van der Waals surface area contributed by atoms with Crippen LogP contribution in [-0.4, -0.2) is 17.1 Å². The quantitative estimate of drug-likeness (QED) is 0.886. The molecule has 0 saturated heterocycles. The fraction of sp³-hybridized carbons (Fsp3) is 0.545. The summed E-state index contributed by atoms with van der Waals surface area (Å²) in [7, 11) is 0. The Hall–Kier alpha value is -0.610. The number of aromatic nitrogens is 1. The number of nitrogens with zero attached hydrogens (tertiary/aromatic N) is 1. The molecular weight excluding hydrogens is 254 g/mol. The van der Waals surface area contributed by atoms with Gasteiger partial charge in [0.15, 0.2) is 0 Å². The Morgan fingerprint density at radius 3 is 2.80 bits per heavy atom. The number of nitrogens with two attached hydrogens (primary N) is 1. The van der Waals surface area contributed by atoms with E-state index in [0.29, 0.717) is 6.04 Å². The number of hydrogen-bond acceptors (Lipinski definition) is 3. The van der Waals surface area contributed by atoms with Crippen molar-refractivity contribution in [3.05, 3.63) is 22.3 Å². The monoisotopic (exact) mass is 271 g/mol. The van der Waals surface area contributed by atoms with Crippen molar-refractivity contribution in [2.24, 2.45) is 5.73 Å². The largest absolute Gasteiger partial charge is 0.367 e. The molecule has 2 atom stereocenters. The van der Waals surface area contributed by atoms with Gasteiger partial charge in [0, 0.05) is 18.3 Å². The molecule has 0 spiro atoms. The summed E-state index contributed by atoms with van der Waals surface area (Å²) in [4.78, 5) is 4.29. The highest BCUT2D eigenvalue weighted by Crippen LogP contribution is 2.24. The maximum atomic E-state index is 5.74. The maximum Gasteiger partial charge on any atom is 0.140 e. The van der Waals surface area contributed by atoms with Gasteiger partial charge in [-0.15, -0.1) is 0 Å². The van der Waals surface area contributed by atoms with E-state index in [-0.39, 0.29) is 6.04 Å². The van der Waals surface area contributed by atoms with E-state index in [0.717, 1.165) is 16.7 Å². The summed E-state index contributed by atoms with van der Waals surface area (Å²) in [5, 5.41) is 3.34. The minimum absolute atomic E-state index is 0.205. The molecule has 0 amide bonds. The van der Waals surface area contributed by atoms with Crippen LogP contribution in [0.4, 0.5) is 5.82 Å². The van der Waals surface area contributed by atoms with Gasteiger partial charge in [-0.1, -0.05) is 0 Å². The van der Waals surface area contributed by atoms with Gasteiger partial charge in [-0.3, -0.25) is 0 Å². The van der Waals surface area contributed by atoms with E-state index in [1.807, 2.05) is 19.9 Å². The molecule has 0 radical (unpaired) electrons. The Kier molecular flexibility index (Phi) is 4.54. The lowest BCUT2D eigenvalue weighted by molar-refractivity contribution is 0.603. The van der Waals surface area contributed by atoms with E-state index in [9.17, 15) is 0 Å². The zero-order valence-corrected chi connectivity index (χ0v) is 11.0. The third-order valence-corrected chi connectivity index (χ3v) is 3.19. The Labute approximate surface area is 99.6 Å². The third kappa shape index (κ3) is 3.80. The zero-order valence-electron chi connectivity index (χ0n) is 9.42. The number of hydrogen-bond donors (Lipinski definition) is 2. The lowest BCUT2D eigenvalue weighted by atomic mass is 10.1. The summed E-state index contributed by atoms with van der Waals surface area (Å²) in [5.74, 6) is 0.892. The van der Waals surface area contributed by atoms with Crippen molar-refractivity contribution in [1.82, 2.24) is 4.98 Å². The summed E-state index contributed by atoms with van der Waals surface area (Å²) in [6.45, 7) is 6.17. The molecule has 0 bridgehead atoms. The number of rotatable bonds is 4. The van der Waals surface area contributed by atoms with Crippen LogP contribution in [0.25, 0.3) is 0 Å². The van der Waals surface area contributed by atoms with E-state index in [1.165, 1.54) is 5.56 Å². The third-order valence-electron chi connectivity index (χ3n) is 2.19. The van der Waals surface area contributed by atoms with Crippen LogP contribution in [0.3, 0.4) is 0 Å². The number of halogens is 1. The molecule has 0 aliphatic carbocycles. The first-order valence-electron chi connectivity index (χ1n) is 5.14. The summed E-state index contributed by atoms with van der Waals surface area (Å²) in [6, 6.07) is 2.51. The minimum Gasteiger partial charge on any atom is -0.367 e. The first-order chi connectivity index (χ1) is 7.00. The van der Waals surface area contributed by atoms with Crippen LogP contribution in [0.2, 0.25) is 0 Å². The molecule has 4 heteroatoms. The van der Waals surface area contributed by atoms with E-state index < -0.39 is 0 Å². The minimum atomic E-state index is 0.205. The molecule has 3 nitrogen and oxygen atoms in total. The van der Waals surface area contributed by atoms with Gasteiger partial charge in [-0.05, 0) is 54.8 Å². The normalized spacial score (nSPS) is 14.7. The van der Waals surface area contributed by atoms with Crippen LogP contribution in [0.1, 0.15) is 25.8 Å². The number of aryl methyl sites for hydroxylation is 1. The topological polar surface area (TPSA) is 50.9 Å². The predicted molar refractivity (Wildman–Crippen MR) is 68.0 cm³/mol. The molecule has 0 fully saturated rings. The second-order valence-electron chi connectivity index (χ2n) is 4.05. The first kappa shape index (κ1) is 12.5. The van der Waals surface area contributed by atoms with Crippen molar-refractivity contribution in [3.8, 4) is 0 Å². The average Bonchev–Trinajstić information content (AvgIpc) is 2.11. The summed E-state index contributed by atoms with van der Waals surface area (Å²) in [5.41, 5.74) is 6.92. The second-order valence-corrected chi connectivity index (χ2v) is 4.84. The van der Waals surface area contributed by atoms with Gasteiger partial charge < -0.3 is 11.1 Å². The predicted octanol–water partition coefficient (Wildman–Crippen LogP) is 2.69. The van der Waals surface area contributed by atoms with Crippen molar-refractivity contribution in [2.75, 3.05) is 5.32 Å². The van der Waals surface area contributed by atoms with Gasteiger partial charge in [-0.2, -0.15) is 0 Å². The molecule has 1 aromatic rings. The van der Waals surface area contributed by atoms with Crippen LogP contribution in [0.15, 0.2) is 16.7 Å². The Balaban J connectivity index is 2.68. The molecule has 1 heterocycles. The van der Waals surface area contributed by atoms with Crippen molar-refractivity contribution >= 4 is 21.7 Å². The Bertz CT molecular complexity index is 326. The molecule has 0 aliphatic rings. The van der Waals surface area contributed by atoms with Crippen molar-refractivity contribution in [3.63, 3.8) is 0 Å². The van der Waals surface area contributed by atoms with Gasteiger partial charge in [0.05, 0.1) is 4.47 Å². The van der Waals surface area contributed by atoms with Crippen LogP contribution in [0, 0.1) is 6.92 Å². The molecule has 1 rings (SSSR count). The van der Waals surface area contributed by atoms with E-state index in [1.54, 1.807) is 6.20 Å². The van der Waals surface area contributed by atoms with Gasteiger partial charge in [0.2, 0.25) is 0 Å². The summed E-state index contributed by atoms with van der Waals surface area (Å²) >= 11 is 3.52. The number of anilines is 1. The van der Waals surface area contributed by atoms with Gasteiger partial charge in [-0.25, -0.2) is 4.98 Å². The molecule has 3 N–H and O–H groups in total. The van der Waals surface area contributed by atoms with Crippen LogP contribution < -0.4 is 11.1 Å². The SMILES string of the molecule is Cc1ccnc(NC(C)CC(C)N)c1Br. The zero-order chi connectivity index (χ0) is 11.4. The lowest BCUT2D eigenvalue weighted by Crippen LogP contribution is -2.26. The summed E-state index contributed by atoms with van der Waals surface area (Å²) < 4.78 is 1.03. The summed E-state index contributed by atoms with van der Waals surface area (Å²) in [6.07, 6.45) is 2.74. The van der Waals surface area contributed by atoms with E-state index >= 15 is 0 Å². The standard InChI is InChI=1S/C11H18BrN3/c1-7-4-5-14-11(10(7)12)15-9(3)6-8(2)13/h4-5,8-9H,6,13H2,1-3H3,(H,14,15). The maximum absolute atomic E-state index is 5.74. The highest BCUT2D eigenvalue weighted by atomic mass is 79.9.